The van der Waals surface area contributed by atoms with E-state index in [-0.39, 0.29) is 12.5 Å². The first-order valence-corrected chi connectivity index (χ1v) is 10.5. The lowest BCUT2D eigenvalue weighted by Gasteiger charge is -2.27. The molecule has 0 unspecified atom stereocenters. The molecule has 1 amide bonds. The number of aliphatic imine (C=N–C) groups is 1. The smallest absolute Gasteiger partial charge is 0.308 e. The topological polar surface area (TPSA) is 96.2 Å². The SMILES string of the molecule is O=C(c1ccc(NC2=CN(c3ccccc3CO)C[N+]3C=CN=C23)nc1)N1CCOCC1. The number of ether oxygens (including phenoxy) is 1. The van der Waals surface area contributed by atoms with Gasteiger partial charge in [-0.25, -0.2) is 4.98 Å². The maximum Gasteiger partial charge on any atom is 0.308 e. The third kappa shape index (κ3) is 4.01. The van der Waals surface area contributed by atoms with Crippen LogP contribution in [0, 0.1) is 0 Å². The van der Waals surface area contributed by atoms with Gasteiger partial charge < -0.3 is 20.1 Å². The van der Waals surface area contributed by atoms with E-state index in [2.05, 4.69) is 20.2 Å². The molecule has 3 aliphatic heterocycles. The van der Waals surface area contributed by atoms with Crippen molar-refractivity contribution < 1.29 is 14.6 Å². The molecule has 1 fully saturated rings. The van der Waals surface area contributed by atoms with Gasteiger partial charge in [0.2, 0.25) is 6.67 Å². The Morgan fingerprint density at radius 3 is 2.81 bits per heavy atom. The maximum absolute atomic E-state index is 12.6. The first-order chi connectivity index (χ1) is 15.7. The zero-order chi connectivity index (χ0) is 21.9. The number of amides is 1. The summed E-state index contributed by atoms with van der Waals surface area (Å²) in [6.45, 7) is 2.86. The van der Waals surface area contributed by atoms with Crippen molar-refractivity contribution in [3.63, 3.8) is 0 Å². The monoisotopic (exact) mass is 432 g/mol. The summed E-state index contributed by atoms with van der Waals surface area (Å²) in [7, 11) is 0. The number of nitrogens with zero attached hydrogens (tertiary/aromatic N) is 5. The molecular weight excluding hydrogens is 408 g/mol. The van der Waals surface area contributed by atoms with E-state index in [1.54, 1.807) is 29.4 Å². The van der Waals surface area contributed by atoms with Crippen LogP contribution in [0.4, 0.5) is 11.5 Å². The summed E-state index contributed by atoms with van der Waals surface area (Å²) in [5, 5.41) is 13.1. The van der Waals surface area contributed by atoms with Crippen LogP contribution in [0.5, 0.6) is 0 Å². The predicted octanol–water partition coefficient (Wildman–Crippen LogP) is 1.80. The largest absolute Gasteiger partial charge is 0.392 e. The van der Waals surface area contributed by atoms with Gasteiger partial charge >= 0.3 is 5.84 Å². The molecule has 1 aromatic carbocycles. The van der Waals surface area contributed by atoms with Gasteiger partial charge in [0.25, 0.3) is 5.91 Å². The molecule has 1 radical (unpaired) electrons. The number of morpholine rings is 1. The summed E-state index contributed by atoms with van der Waals surface area (Å²) in [6.07, 6.45) is 7.22. The van der Waals surface area contributed by atoms with Crippen LogP contribution in [0.2, 0.25) is 0 Å². The van der Waals surface area contributed by atoms with Crippen LogP contribution in [0.25, 0.3) is 0 Å². The van der Waals surface area contributed by atoms with Gasteiger partial charge in [-0.2, -0.15) is 4.99 Å². The lowest BCUT2D eigenvalue weighted by molar-refractivity contribution is 0.0302. The fourth-order valence-electron chi connectivity index (χ4n) is 3.93. The van der Waals surface area contributed by atoms with Crippen LogP contribution in [0.1, 0.15) is 15.9 Å². The Hall–Kier alpha value is -3.53. The molecule has 5 rings (SSSR count). The van der Waals surface area contributed by atoms with Gasteiger partial charge in [0.1, 0.15) is 11.5 Å². The Morgan fingerprint density at radius 2 is 2.03 bits per heavy atom. The normalized spacial score (nSPS) is 18.3. The Bertz CT molecular complexity index is 1090. The molecule has 1 saturated heterocycles. The number of carbonyl (C=O) groups is 1. The first-order valence-electron chi connectivity index (χ1n) is 10.5. The number of benzene rings is 1. The van der Waals surface area contributed by atoms with Gasteiger partial charge in [-0.05, 0) is 18.2 Å². The van der Waals surface area contributed by atoms with E-state index in [0.29, 0.717) is 44.4 Å². The van der Waals surface area contributed by atoms with Crippen molar-refractivity contribution in [2.24, 2.45) is 4.99 Å². The lowest BCUT2D eigenvalue weighted by Crippen LogP contribution is -2.46. The molecule has 0 atom stereocenters. The fourth-order valence-corrected chi connectivity index (χ4v) is 3.93. The van der Waals surface area contributed by atoms with Gasteiger partial charge in [-0.1, -0.05) is 23.1 Å². The number of anilines is 2. The van der Waals surface area contributed by atoms with Crippen LogP contribution >= 0.6 is 0 Å². The number of para-hydroxylation sites is 1. The minimum Gasteiger partial charge on any atom is -0.392 e. The summed E-state index contributed by atoms with van der Waals surface area (Å²) in [5.74, 6) is 1.37. The zero-order valence-electron chi connectivity index (χ0n) is 17.5. The number of hydrogen-bond acceptors (Lipinski definition) is 8. The molecule has 4 heterocycles. The van der Waals surface area contributed by atoms with E-state index in [4.69, 9.17) is 4.74 Å². The van der Waals surface area contributed by atoms with Gasteiger partial charge in [0.15, 0.2) is 6.20 Å². The Labute approximate surface area is 185 Å². The highest BCUT2D eigenvalue weighted by molar-refractivity contribution is 6.06. The number of nitrogens with one attached hydrogen (secondary N) is 1. The summed E-state index contributed by atoms with van der Waals surface area (Å²) < 4.78 is 5.32. The van der Waals surface area contributed by atoms with Gasteiger partial charge in [0, 0.05) is 31.0 Å². The quantitative estimate of drug-likeness (QED) is 0.700. The van der Waals surface area contributed by atoms with E-state index >= 15 is 0 Å². The van der Waals surface area contributed by atoms with E-state index < -0.39 is 0 Å². The predicted molar refractivity (Wildman–Crippen MR) is 121 cm³/mol. The Morgan fingerprint density at radius 1 is 1.19 bits per heavy atom. The molecule has 32 heavy (non-hydrogen) atoms. The highest BCUT2D eigenvalue weighted by Gasteiger charge is 2.36. The summed E-state index contributed by atoms with van der Waals surface area (Å²) in [5.41, 5.74) is 3.09. The highest BCUT2D eigenvalue weighted by Crippen LogP contribution is 2.26. The molecule has 0 spiro atoms. The zero-order valence-corrected chi connectivity index (χ0v) is 17.5. The van der Waals surface area contributed by atoms with Gasteiger partial charge in [-0.15, -0.1) is 0 Å². The summed E-state index contributed by atoms with van der Waals surface area (Å²) >= 11 is 0. The maximum atomic E-state index is 12.6. The number of rotatable bonds is 5. The fraction of sp³-hybridized carbons (Fsp3) is 0.261. The van der Waals surface area contributed by atoms with Crippen molar-refractivity contribution >= 4 is 23.2 Å². The second-order valence-corrected chi connectivity index (χ2v) is 7.62. The minimum atomic E-state index is -0.0414. The Balaban J connectivity index is 1.37. The molecule has 163 valence electrons. The van der Waals surface area contributed by atoms with Gasteiger partial charge in [0.05, 0.1) is 37.3 Å². The molecule has 2 aromatic rings. The Kier molecular flexibility index (Phi) is 5.68. The van der Waals surface area contributed by atoms with Crippen LogP contribution in [-0.4, -0.2) is 59.7 Å². The van der Waals surface area contributed by atoms with Crippen LogP contribution in [-0.2, 0) is 11.3 Å². The average Bonchev–Trinajstić information content (AvgIpc) is 3.34. The average molecular weight is 432 g/mol. The third-order valence-electron chi connectivity index (χ3n) is 5.59. The molecule has 9 nitrogen and oxygen atoms in total. The molecule has 3 aliphatic rings. The van der Waals surface area contributed by atoms with E-state index in [1.807, 2.05) is 41.6 Å². The minimum absolute atomic E-state index is 0.0356. The summed E-state index contributed by atoms with van der Waals surface area (Å²) in [6, 6.07) is 11.3. The van der Waals surface area contributed by atoms with Crippen molar-refractivity contribution in [1.29, 1.82) is 0 Å². The van der Waals surface area contributed by atoms with Crippen molar-refractivity contribution in [2.75, 3.05) is 43.2 Å². The van der Waals surface area contributed by atoms with Crippen molar-refractivity contribution in [3.8, 4) is 0 Å². The van der Waals surface area contributed by atoms with Crippen LogP contribution in [0.15, 0.2) is 71.9 Å². The van der Waals surface area contributed by atoms with Crippen molar-refractivity contribution in [1.82, 2.24) is 14.8 Å². The molecule has 1 aromatic heterocycles. The second kappa shape index (κ2) is 8.91. The van der Waals surface area contributed by atoms with Crippen molar-refractivity contribution in [3.05, 3.63) is 78.0 Å². The van der Waals surface area contributed by atoms with E-state index in [1.165, 1.54) is 0 Å². The molecule has 0 saturated carbocycles. The number of amidine groups is 1. The van der Waals surface area contributed by atoms with E-state index in [0.717, 1.165) is 22.8 Å². The lowest BCUT2D eigenvalue weighted by atomic mass is 10.1. The standard InChI is InChI=1S/C23H24N6O3/c30-15-18-3-1-2-4-20(18)29-14-19(22-24-7-8-28(22)16-29)26-21-6-5-17(13-25-21)23(31)27-9-11-32-12-10-27/h1-8,13-14,30H,9-12,15-16H2,(H,25,26)/q+1. The number of carbonyl (C=O) groups excluding carboxylic acids is 1. The molecule has 0 bridgehead atoms. The molecule has 9 heteroatoms. The van der Waals surface area contributed by atoms with Crippen molar-refractivity contribution in [2.45, 2.75) is 6.61 Å². The van der Waals surface area contributed by atoms with Gasteiger partial charge in [-0.3, -0.25) is 9.69 Å². The number of pyridine rings is 1. The number of aromatic nitrogens is 1. The van der Waals surface area contributed by atoms with Crippen LogP contribution < -0.4 is 15.1 Å². The third-order valence-corrected chi connectivity index (χ3v) is 5.59. The number of fused-ring (bicyclic) bond motifs is 1. The number of aliphatic hydroxyl groups is 1. The molecule has 2 N–H and O–H groups in total. The number of aliphatic hydroxyl groups excluding tert-OH is 1. The molecular formula is C23H24N6O3+. The summed E-state index contributed by atoms with van der Waals surface area (Å²) in [4.78, 5) is 27.4. The number of hydrogen-bond donors (Lipinski definition) is 2. The second-order valence-electron chi connectivity index (χ2n) is 7.62. The first kappa shape index (κ1) is 20.4. The highest BCUT2D eigenvalue weighted by atomic mass is 16.5. The van der Waals surface area contributed by atoms with Crippen LogP contribution in [0.3, 0.4) is 0 Å². The molecule has 0 aliphatic carbocycles. The van der Waals surface area contributed by atoms with E-state index in [9.17, 15) is 9.90 Å².